The summed E-state index contributed by atoms with van der Waals surface area (Å²) >= 11 is 0. The van der Waals surface area contributed by atoms with Crippen molar-refractivity contribution in [3.05, 3.63) is 22.1 Å². The summed E-state index contributed by atoms with van der Waals surface area (Å²) in [7, 11) is 0. The highest BCUT2D eigenvalue weighted by atomic mass is 16.3. The van der Waals surface area contributed by atoms with Crippen molar-refractivity contribution in [2.75, 3.05) is 18.4 Å². The number of nitrogens with zero attached hydrogens (tertiary/aromatic N) is 1. The lowest BCUT2D eigenvalue weighted by Crippen LogP contribution is -2.37. The van der Waals surface area contributed by atoms with E-state index < -0.39 is 0 Å². The molecule has 7 nitrogen and oxygen atoms in total. The minimum Gasteiger partial charge on any atom is -0.393 e. The zero-order chi connectivity index (χ0) is 15.2. The standard InChI is InChI=1S/C14H22N4O3/c1-9-7-12(20)18-14(17-9)16-6-5-15-13(21)10-3-2-4-11(19)8-10/h7,10-11,19H,2-6,8H2,1H3,(H,15,21)(H2,16,17,18,20)/t10-,11+/m0/s1. The van der Waals surface area contributed by atoms with Crippen molar-refractivity contribution in [3.8, 4) is 0 Å². The molecule has 0 aromatic carbocycles. The van der Waals surface area contributed by atoms with E-state index in [1.54, 1.807) is 6.92 Å². The number of anilines is 1. The van der Waals surface area contributed by atoms with Crippen molar-refractivity contribution in [3.63, 3.8) is 0 Å². The molecule has 1 fully saturated rings. The van der Waals surface area contributed by atoms with Crippen LogP contribution in [0.3, 0.4) is 0 Å². The number of carbonyl (C=O) groups excluding carboxylic acids is 1. The number of aliphatic hydroxyl groups excluding tert-OH is 1. The number of aryl methyl sites for hydroxylation is 1. The van der Waals surface area contributed by atoms with Crippen molar-refractivity contribution in [2.24, 2.45) is 5.92 Å². The molecule has 0 radical (unpaired) electrons. The van der Waals surface area contributed by atoms with Crippen LogP contribution < -0.4 is 16.2 Å². The van der Waals surface area contributed by atoms with Gasteiger partial charge in [-0.2, -0.15) is 0 Å². The van der Waals surface area contributed by atoms with E-state index in [1.807, 2.05) is 0 Å². The molecule has 0 bridgehead atoms. The Hall–Kier alpha value is -1.89. The van der Waals surface area contributed by atoms with Crippen LogP contribution in [0.15, 0.2) is 10.9 Å². The van der Waals surface area contributed by atoms with E-state index in [4.69, 9.17) is 0 Å². The average Bonchev–Trinajstić information content (AvgIpc) is 2.42. The molecule has 1 saturated carbocycles. The molecular weight excluding hydrogens is 272 g/mol. The first-order chi connectivity index (χ1) is 10.0. The number of aliphatic hydroxyl groups is 1. The van der Waals surface area contributed by atoms with Crippen molar-refractivity contribution in [1.82, 2.24) is 15.3 Å². The SMILES string of the molecule is Cc1cc(=O)[nH]c(NCCNC(=O)[C@H]2CCC[C@@H](O)C2)n1. The summed E-state index contributed by atoms with van der Waals surface area (Å²) in [5.74, 6) is 0.300. The second-order valence-electron chi connectivity index (χ2n) is 5.47. The fraction of sp³-hybridized carbons (Fsp3) is 0.643. The lowest BCUT2D eigenvalue weighted by molar-refractivity contribution is -0.127. The van der Waals surface area contributed by atoms with Crippen molar-refractivity contribution >= 4 is 11.9 Å². The summed E-state index contributed by atoms with van der Waals surface area (Å²) in [6, 6.07) is 1.42. The van der Waals surface area contributed by atoms with Gasteiger partial charge in [0.1, 0.15) is 0 Å². The second-order valence-corrected chi connectivity index (χ2v) is 5.47. The number of aromatic amines is 1. The van der Waals surface area contributed by atoms with Crippen molar-refractivity contribution in [1.29, 1.82) is 0 Å². The molecule has 7 heteroatoms. The lowest BCUT2D eigenvalue weighted by Gasteiger charge is -2.24. The molecule has 1 aromatic rings. The quantitative estimate of drug-likeness (QED) is 0.579. The van der Waals surface area contributed by atoms with Gasteiger partial charge in [-0.1, -0.05) is 6.42 Å². The van der Waals surface area contributed by atoms with Crippen molar-refractivity contribution in [2.45, 2.75) is 38.7 Å². The summed E-state index contributed by atoms with van der Waals surface area (Å²) in [6.07, 6.45) is 2.72. The number of H-pyrrole nitrogens is 1. The first-order valence-electron chi connectivity index (χ1n) is 7.32. The molecule has 2 rings (SSSR count). The predicted molar refractivity (Wildman–Crippen MR) is 79.1 cm³/mol. The molecule has 0 aliphatic heterocycles. The largest absolute Gasteiger partial charge is 0.393 e. The number of hydrogen-bond donors (Lipinski definition) is 4. The molecule has 2 atom stereocenters. The van der Waals surface area contributed by atoms with Crippen LogP contribution in [0.25, 0.3) is 0 Å². The highest BCUT2D eigenvalue weighted by Crippen LogP contribution is 2.24. The van der Waals surface area contributed by atoms with E-state index in [9.17, 15) is 14.7 Å². The van der Waals surface area contributed by atoms with E-state index in [-0.39, 0.29) is 23.5 Å². The molecule has 4 N–H and O–H groups in total. The molecule has 0 unspecified atom stereocenters. The van der Waals surface area contributed by atoms with Crippen LogP contribution in [-0.2, 0) is 4.79 Å². The molecule has 1 aliphatic rings. The molecule has 0 spiro atoms. The van der Waals surface area contributed by atoms with E-state index >= 15 is 0 Å². The van der Waals surface area contributed by atoms with Crippen LogP contribution in [-0.4, -0.2) is 40.2 Å². The number of rotatable bonds is 5. The molecule has 1 amide bonds. The minimum atomic E-state index is -0.353. The second kappa shape index (κ2) is 7.21. The summed E-state index contributed by atoms with van der Waals surface area (Å²) in [5.41, 5.74) is 0.437. The number of nitrogens with one attached hydrogen (secondary N) is 3. The number of amides is 1. The molecule has 1 heterocycles. The van der Waals surface area contributed by atoms with Gasteiger partial charge in [0, 0.05) is 30.8 Å². The van der Waals surface area contributed by atoms with Crippen LogP contribution in [0.2, 0.25) is 0 Å². The minimum absolute atomic E-state index is 0.0127. The molecular formula is C14H22N4O3. The van der Waals surface area contributed by atoms with Gasteiger partial charge in [-0.15, -0.1) is 0 Å². The first-order valence-corrected chi connectivity index (χ1v) is 7.32. The Bertz CT molecular complexity index is 543. The third-order valence-electron chi connectivity index (χ3n) is 3.60. The molecule has 0 saturated heterocycles. The third kappa shape index (κ3) is 4.86. The average molecular weight is 294 g/mol. The van der Waals surface area contributed by atoms with E-state index in [1.165, 1.54) is 6.07 Å². The lowest BCUT2D eigenvalue weighted by atomic mass is 9.87. The Labute approximate surface area is 123 Å². The highest BCUT2D eigenvalue weighted by molar-refractivity contribution is 5.78. The first kappa shape index (κ1) is 15.5. The maximum absolute atomic E-state index is 11.9. The highest BCUT2D eigenvalue weighted by Gasteiger charge is 2.25. The number of carbonyl (C=O) groups is 1. The van der Waals surface area contributed by atoms with Crippen LogP contribution >= 0.6 is 0 Å². The number of aromatic nitrogens is 2. The normalized spacial score (nSPS) is 21.8. The summed E-state index contributed by atoms with van der Waals surface area (Å²) < 4.78 is 0. The maximum Gasteiger partial charge on any atom is 0.252 e. The number of hydrogen-bond acceptors (Lipinski definition) is 5. The molecule has 1 aliphatic carbocycles. The Balaban J connectivity index is 1.71. The van der Waals surface area contributed by atoms with E-state index in [0.29, 0.717) is 31.2 Å². The van der Waals surface area contributed by atoms with Gasteiger partial charge in [-0.05, 0) is 26.2 Å². The monoisotopic (exact) mass is 294 g/mol. The Morgan fingerprint density at radius 1 is 1.48 bits per heavy atom. The molecule has 1 aromatic heterocycles. The summed E-state index contributed by atoms with van der Waals surface area (Å²) in [4.78, 5) is 29.9. The fourth-order valence-corrected chi connectivity index (χ4v) is 2.58. The van der Waals surface area contributed by atoms with E-state index in [0.717, 1.165) is 19.3 Å². The van der Waals surface area contributed by atoms with Crippen LogP contribution in [0, 0.1) is 12.8 Å². The molecule has 116 valence electrons. The van der Waals surface area contributed by atoms with Crippen LogP contribution in [0.5, 0.6) is 0 Å². The third-order valence-corrected chi connectivity index (χ3v) is 3.60. The zero-order valence-corrected chi connectivity index (χ0v) is 12.2. The predicted octanol–water partition coefficient (Wildman–Crippen LogP) is 0.158. The summed E-state index contributed by atoms with van der Waals surface area (Å²) in [5, 5.41) is 15.4. The van der Waals surface area contributed by atoms with Gasteiger partial charge in [-0.25, -0.2) is 4.98 Å². The van der Waals surface area contributed by atoms with E-state index in [2.05, 4.69) is 20.6 Å². The smallest absolute Gasteiger partial charge is 0.252 e. The van der Waals surface area contributed by atoms with Crippen LogP contribution in [0.1, 0.15) is 31.4 Å². The topological polar surface area (TPSA) is 107 Å². The maximum atomic E-state index is 11.9. The van der Waals surface area contributed by atoms with Crippen molar-refractivity contribution < 1.29 is 9.90 Å². The zero-order valence-electron chi connectivity index (χ0n) is 12.2. The molecule has 21 heavy (non-hydrogen) atoms. The fourth-order valence-electron chi connectivity index (χ4n) is 2.58. The van der Waals surface area contributed by atoms with Crippen LogP contribution in [0.4, 0.5) is 5.95 Å². The Kier molecular flexibility index (Phi) is 5.32. The summed E-state index contributed by atoms with van der Waals surface area (Å²) in [6.45, 7) is 2.67. The van der Waals surface area contributed by atoms with Gasteiger partial charge in [0.05, 0.1) is 6.10 Å². The van der Waals surface area contributed by atoms with Gasteiger partial charge in [0.25, 0.3) is 5.56 Å². The van der Waals surface area contributed by atoms with Gasteiger partial charge in [0.15, 0.2) is 0 Å². The Morgan fingerprint density at radius 2 is 2.29 bits per heavy atom. The van der Waals surface area contributed by atoms with Gasteiger partial charge in [0.2, 0.25) is 11.9 Å². The van der Waals surface area contributed by atoms with Gasteiger partial charge in [-0.3, -0.25) is 14.6 Å². The Morgan fingerprint density at radius 3 is 3.00 bits per heavy atom. The van der Waals surface area contributed by atoms with Gasteiger partial charge < -0.3 is 15.7 Å². The van der Waals surface area contributed by atoms with Gasteiger partial charge >= 0.3 is 0 Å².